The average molecular weight is 332 g/mol. The number of aromatic nitrogens is 3. The van der Waals surface area contributed by atoms with E-state index in [9.17, 15) is 0 Å². The zero-order valence-electron chi connectivity index (χ0n) is 14.3. The summed E-state index contributed by atoms with van der Waals surface area (Å²) < 4.78 is 0. The van der Waals surface area contributed by atoms with Crippen molar-refractivity contribution in [2.45, 2.75) is 44.9 Å². The highest BCUT2D eigenvalue weighted by Crippen LogP contribution is 2.21. The molecule has 1 aliphatic carbocycles. The number of aliphatic hydroxyl groups excluding tert-OH is 1. The number of anilines is 3. The van der Waals surface area contributed by atoms with Gasteiger partial charge in [-0.25, -0.2) is 0 Å². The van der Waals surface area contributed by atoms with Crippen molar-refractivity contribution in [1.82, 2.24) is 15.0 Å². The first-order valence-corrected chi connectivity index (χ1v) is 9.13. The fourth-order valence-corrected chi connectivity index (χ4v) is 3.22. The number of rotatable bonds is 8. The summed E-state index contributed by atoms with van der Waals surface area (Å²) in [7, 11) is 0. The van der Waals surface area contributed by atoms with Crippen LogP contribution in [0.15, 0.2) is 11.6 Å². The van der Waals surface area contributed by atoms with E-state index in [1.54, 1.807) is 5.57 Å². The van der Waals surface area contributed by atoms with E-state index in [1.165, 1.54) is 38.5 Å². The fraction of sp³-hybridized carbons (Fsp3) is 0.706. The molecule has 0 aromatic carbocycles. The maximum atomic E-state index is 9.00. The SMILES string of the molecule is OCCNc1nc(NCCC2=CCCCC2)nc(N2CCCC2)n1. The van der Waals surface area contributed by atoms with Gasteiger partial charge in [-0.2, -0.15) is 15.0 Å². The van der Waals surface area contributed by atoms with Gasteiger partial charge in [-0.1, -0.05) is 11.6 Å². The van der Waals surface area contributed by atoms with Crippen molar-refractivity contribution in [2.75, 3.05) is 48.3 Å². The molecule has 1 aromatic heterocycles. The molecule has 0 saturated carbocycles. The molecular weight excluding hydrogens is 304 g/mol. The first kappa shape index (κ1) is 17.0. The number of nitrogens with one attached hydrogen (secondary N) is 2. The van der Waals surface area contributed by atoms with Gasteiger partial charge in [-0.3, -0.25) is 0 Å². The van der Waals surface area contributed by atoms with Gasteiger partial charge in [0.1, 0.15) is 0 Å². The summed E-state index contributed by atoms with van der Waals surface area (Å²) in [5.41, 5.74) is 1.54. The Balaban J connectivity index is 1.63. The zero-order valence-corrected chi connectivity index (χ0v) is 14.3. The molecule has 0 amide bonds. The molecule has 7 heteroatoms. The molecule has 3 N–H and O–H groups in total. The summed E-state index contributed by atoms with van der Waals surface area (Å²) >= 11 is 0. The van der Waals surface area contributed by atoms with E-state index >= 15 is 0 Å². The fourth-order valence-electron chi connectivity index (χ4n) is 3.22. The van der Waals surface area contributed by atoms with Crippen LogP contribution in [0.2, 0.25) is 0 Å². The Bertz CT molecular complexity index is 556. The van der Waals surface area contributed by atoms with Gasteiger partial charge in [-0.05, 0) is 44.9 Å². The molecule has 2 heterocycles. The Labute approximate surface area is 143 Å². The molecule has 0 spiro atoms. The van der Waals surface area contributed by atoms with Crippen molar-refractivity contribution in [2.24, 2.45) is 0 Å². The van der Waals surface area contributed by atoms with Crippen LogP contribution in [0.5, 0.6) is 0 Å². The van der Waals surface area contributed by atoms with E-state index in [-0.39, 0.29) is 6.61 Å². The Kier molecular flexibility index (Phi) is 6.23. The lowest BCUT2D eigenvalue weighted by atomic mass is 9.97. The van der Waals surface area contributed by atoms with E-state index in [0.717, 1.165) is 32.0 Å². The first-order valence-electron chi connectivity index (χ1n) is 9.13. The summed E-state index contributed by atoms with van der Waals surface area (Å²) in [5, 5.41) is 15.4. The number of hydrogen-bond acceptors (Lipinski definition) is 7. The molecule has 1 saturated heterocycles. The van der Waals surface area contributed by atoms with E-state index in [0.29, 0.717) is 18.4 Å². The van der Waals surface area contributed by atoms with Gasteiger partial charge in [-0.15, -0.1) is 0 Å². The first-order chi connectivity index (χ1) is 11.8. The van der Waals surface area contributed by atoms with Crippen molar-refractivity contribution in [3.8, 4) is 0 Å². The Morgan fingerprint density at radius 3 is 2.38 bits per heavy atom. The standard InChI is InChI=1S/C17H28N6O/c24-13-10-19-16-20-15(18-9-8-14-6-2-1-3-7-14)21-17(22-16)23-11-4-5-12-23/h6,24H,1-5,7-13H2,(H2,18,19,20,21,22). The minimum Gasteiger partial charge on any atom is -0.395 e. The van der Waals surface area contributed by atoms with Gasteiger partial charge < -0.3 is 20.6 Å². The Morgan fingerprint density at radius 2 is 1.71 bits per heavy atom. The largest absolute Gasteiger partial charge is 0.395 e. The minimum atomic E-state index is 0.0572. The Hall–Kier alpha value is -1.89. The predicted octanol–water partition coefficient (Wildman–Crippen LogP) is 2.18. The smallest absolute Gasteiger partial charge is 0.231 e. The van der Waals surface area contributed by atoms with Crippen LogP contribution in [0.3, 0.4) is 0 Å². The van der Waals surface area contributed by atoms with Gasteiger partial charge in [0.15, 0.2) is 0 Å². The summed E-state index contributed by atoms with van der Waals surface area (Å²) in [4.78, 5) is 15.7. The highest BCUT2D eigenvalue weighted by atomic mass is 16.3. The number of allylic oxidation sites excluding steroid dienone is 1. The van der Waals surface area contributed by atoms with Crippen molar-refractivity contribution in [3.63, 3.8) is 0 Å². The van der Waals surface area contributed by atoms with Crippen molar-refractivity contribution in [3.05, 3.63) is 11.6 Å². The van der Waals surface area contributed by atoms with Gasteiger partial charge in [0, 0.05) is 26.2 Å². The summed E-state index contributed by atoms with van der Waals surface area (Å²) in [6, 6.07) is 0. The average Bonchev–Trinajstić information content (AvgIpc) is 3.15. The molecule has 3 rings (SSSR count). The second-order valence-electron chi connectivity index (χ2n) is 6.41. The quantitative estimate of drug-likeness (QED) is 0.629. The van der Waals surface area contributed by atoms with Crippen LogP contribution in [0.1, 0.15) is 44.9 Å². The second kappa shape index (κ2) is 8.82. The maximum absolute atomic E-state index is 9.00. The predicted molar refractivity (Wildman–Crippen MR) is 96.5 cm³/mol. The van der Waals surface area contributed by atoms with Crippen molar-refractivity contribution >= 4 is 17.8 Å². The van der Waals surface area contributed by atoms with E-state index in [1.807, 2.05) is 0 Å². The van der Waals surface area contributed by atoms with Crippen LogP contribution >= 0.6 is 0 Å². The zero-order chi connectivity index (χ0) is 16.6. The molecule has 0 unspecified atom stereocenters. The van der Waals surface area contributed by atoms with Crippen LogP contribution in [0.25, 0.3) is 0 Å². The molecule has 2 aliphatic rings. The molecule has 1 fully saturated rings. The number of nitrogens with zero attached hydrogens (tertiary/aromatic N) is 4. The molecule has 0 radical (unpaired) electrons. The molecule has 0 atom stereocenters. The van der Waals surface area contributed by atoms with Gasteiger partial charge in [0.25, 0.3) is 0 Å². The Morgan fingerprint density at radius 1 is 0.958 bits per heavy atom. The van der Waals surface area contributed by atoms with Crippen molar-refractivity contribution < 1.29 is 5.11 Å². The van der Waals surface area contributed by atoms with Crippen LogP contribution in [-0.2, 0) is 0 Å². The third-order valence-electron chi connectivity index (χ3n) is 4.52. The van der Waals surface area contributed by atoms with E-state index in [4.69, 9.17) is 5.11 Å². The second-order valence-corrected chi connectivity index (χ2v) is 6.41. The number of aliphatic hydroxyl groups is 1. The minimum absolute atomic E-state index is 0.0572. The summed E-state index contributed by atoms with van der Waals surface area (Å²) in [6.45, 7) is 3.33. The lowest BCUT2D eigenvalue weighted by Gasteiger charge is -2.17. The molecule has 132 valence electrons. The monoisotopic (exact) mass is 332 g/mol. The third kappa shape index (κ3) is 4.80. The lowest BCUT2D eigenvalue weighted by molar-refractivity contribution is 0.311. The van der Waals surface area contributed by atoms with E-state index in [2.05, 4.69) is 36.6 Å². The summed E-state index contributed by atoms with van der Waals surface area (Å²) in [6.07, 6.45) is 10.9. The van der Waals surface area contributed by atoms with Crippen molar-refractivity contribution in [1.29, 1.82) is 0 Å². The highest BCUT2D eigenvalue weighted by molar-refractivity contribution is 5.44. The van der Waals surface area contributed by atoms with Crippen LogP contribution in [0.4, 0.5) is 17.8 Å². The molecule has 7 nitrogen and oxygen atoms in total. The third-order valence-corrected chi connectivity index (χ3v) is 4.52. The van der Waals surface area contributed by atoms with Gasteiger partial charge in [0.2, 0.25) is 17.8 Å². The van der Waals surface area contributed by atoms with Crippen LogP contribution in [0, 0.1) is 0 Å². The molecular formula is C17H28N6O. The number of hydrogen-bond donors (Lipinski definition) is 3. The van der Waals surface area contributed by atoms with E-state index < -0.39 is 0 Å². The molecule has 24 heavy (non-hydrogen) atoms. The topological polar surface area (TPSA) is 86.2 Å². The molecule has 1 aromatic rings. The normalized spacial score (nSPS) is 17.7. The van der Waals surface area contributed by atoms with Crippen LogP contribution < -0.4 is 15.5 Å². The van der Waals surface area contributed by atoms with Gasteiger partial charge >= 0.3 is 0 Å². The lowest BCUT2D eigenvalue weighted by Crippen LogP contribution is -2.23. The summed E-state index contributed by atoms with van der Waals surface area (Å²) in [5.74, 6) is 1.87. The maximum Gasteiger partial charge on any atom is 0.231 e. The molecule has 0 bridgehead atoms. The highest BCUT2D eigenvalue weighted by Gasteiger charge is 2.17. The van der Waals surface area contributed by atoms with Gasteiger partial charge in [0.05, 0.1) is 6.61 Å². The molecule has 1 aliphatic heterocycles. The van der Waals surface area contributed by atoms with Crippen LogP contribution in [-0.4, -0.2) is 52.8 Å².